The third-order valence-electron chi connectivity index (χ3n) is 5.41. The third kappa shape index (κ3) is 6.29. The van der Waals surface area contributed by atoms with Gasteiger partial charge in [0.1, 0.15) is 17.3 Å². The number of amidine groups is 1. The molecule has 3 aliphatic rings. The number of amides is 1. The fraction of sp³-hybridized carbons (Fsp3) is 0.360. The number of carbonyl (C=O) groups is 1. The molecule has 12 heteroatoms. The van der Waals surface area contributed by atoms with Crippen LogP contribution in [0, 0.1) is 17.8 Å². The average molecular weight is 528 g/mol. The molecule has 1 atom stereocenters. The maximum absolute atomic E-state index is 13.4. The number of pyridine rings is 2. The first-order valence-corrected chi connectivity index (χ1v) is 12.7. The number of anilines is 1. The summed E-state index contributed by atoms with van der Waals surface area (Å²) in [6, 6.07) is 2.88. The van der Waals surface area contributed by atoms with Crippen LogP contribution < -0.4 is 25.7 Å². The van der Waals surface area contributed by atoms with Gasteiger partial charge in [-0.05, 0) is 36.7 Å². The second-order valence-electron chi connectivity index (χ2n) is 7.91. The van der Waals surface area contributed by atoms with Crippen molar-refractivity contribution in [1.29, 1.82) is 0 Å². The molecule has 2 aromatic heterocycles. The molecule has 1 unspecified atom stereocenters. The molecule has 3 N–H and O–H groups in total. The Balaban J connectivity index is 0.00000156. The van der Waals surface area contributed by atoms with Crippen LogP contribution in [0.4, 0.5) is 14.6 Å². The SMILES string of the molecule is CC.COc1cnc(C(F)F)cc1-c1cc(N2C=CNC2)ncc1C(=O)NC1=NNC(C#CC2CC2)S1. The zero-order chi connectivity index (χ0) is 26.4. The molecule has 1 fully saturated rings. The minimum atomic E-state index is -2.78. The van der Waals surface area contributed by atoms with E-state index in [-0.39, 0.29) is 16.7 Å². The Morgan fingerprint density at radius 2 is 2.03 bits per heavy atom. The number of rotatable bonds is 5. The first-order chi connectivity index (χ1) is 18.0. The number of nitrogens with one attached hydrogen (secondary N) is 3. The molecule has 0 radical (unpaired) electrons. The van der Waals surface area contributed by atoms with E-state index in [0.717, 1.165) is 12.8 Å². The predicted molar refractivity (Wildman–Crippen MR) is 140 cm³/mol. The van der Waals surface area contributed by atoms with Crippen molar-refractivity contribution in [2.45, 2.75) is 38.5 Å². The first-order valence-electron chi connectivity index (χ1n) is 11.8. The lowest BCUT2D eigenvalue weighted by atomic mass is 10.00. The van der Waals surface area contributed by atoms with Gasteiger partial charge in [0.25, 0.3) is 12.3 Å². The Morgan fingerprint density at radius 1 is 1.22 bits per heavy atom. The van der Waals surface area contributed by atoms with Crippen LogP contribution in [0.1, 0.15) is 49.2 Å². The number of nitrogens with zero attached hydrogens (tertiary/aromatic N) is 4. The average Bonchev–Trinajstić information content (AvgIpc) is 3.38. The summed E-state index contributed by atoms with van der Waals surface area (Å²) >= 11 is 1.30. The second kappa shape index (κ2) is 11.9. The van der Waals surface area contributed by atoms with E-state index in [1.807, 2.05) is 18.7 Å². The Labute approximate surface area is 218 Å². The molecule has 1 aliphatic carbocycles. The zero-order valence-corrected chi connectivity index (χ0v) is 21.4. The molecule has 0 saturated heterocycles. The number of halogens is 2. The van der Waals surface area contributed by atoms with Crippen LogP contribution in [0.15, 0.2) is 42.0 Å². The summed E-state index contributed by atoms with van der Waals surface area (Å²) in [6.45, 7) is 4.48. The lowest BCUT2D eigenvalue weighted by Gasteiger charge is -2.18. The number of hydrogen-bond donors (Lipinski definition) is 3. The van der Waals surface area contributed by atoms with Gasteiger partial charge < -0.3 is 15.0 Å². The fourth-order valence-electron chi connectivity index (χ4n) is 3.45. The molecule has 1 saturated carbocycles. The number of thioether (sulfide) groups is 1. The zero-order valence-electron chi connectivity index (χ0n) is 20.6. The predicted octanol–water partition coefficient (Wildman–Crippen LogP) is 4.03. The van der Waals surface area contributed by atoms with Gasteiger partial charge in [-0.3, -0.25) is 20.5 Å². The van der Waals surface area contributed by atoms with Crippen molar-refractivity contribution in [3.8, 4) is 28.7 Å². The Hall–Kier alpha value is -3.85. The lowest BCUT2D eigenvalue weighted by molar-refractivity contribution is 0.0978. The van der Waals surface area contributed by atoms with Gasteiger partial charge in [0.05, 0.1) is 25.5 Å². The second-order valence-corrected chi connectivity index (χ2v) is 9.00. The largest absolute Gasteiger partial charge is 0.494 e. The summed E-state index contributed by atoms with van der Waals surface area (Å²) in [5.74, 6) is 7.02. The fourth-order valence-corrected chi connectivity index (χ4v) is 4.16. The molecular formula is C25H27F2N7O2S. The highest BCUT2D eigenvalue weighted by Gasteiger charge is 2.25. The lowest BCUT2D eigenvalue weighted by Crippen LogP contribution is -2.28. The van der Waals surface area contributed by atoms with E-state index >= 15 is 0 Å². The van der Waals surface area contributed by atoms with Gasteiger partial charge in [0.2, 0.25) is 0 Å². The number of hydrogen-bond acceptors (Lipinski definition) is 9. The first kappa shape index (κ1) is 26.2. The number of hydrazone groups is 1. The summed E-state index contributed by atoms with van der Waals surface area (Å²) in [4.78, 5) is 23.3. The molecule has 2 aromatic rings. The monoisotopic (exact) mass is 527 g/mol. The topological polar surface area (TPSA) is 104 Å². The third-order valence-corrected chi connectivity index (χ3v) is 6.29. The summed E-state index contributed by atoms with van der Waals surface area (Å²) < 4.78 is 32.3. The number of methoxy groups -OCH3 is 1. The van der Waals surface area contributed by atoms with Crippen LogP contribution in [0.2, 0.25) is 0 Å². The van der Waals surface area contributed by atoms with Gasteiger partial charge >= 0.3 is 0 Å². The highest BCUT2D eigenvalue weighted by Crippen LogP contribution is 2.36. The maximum Gasteiger partial charge on any atom is 0.280 e. The Kier molecular flexibility index (Phi) is 8.45. The molecule has 0 aromatic carbocycles. The highest BCUT2D eigenvalue weighted by molar-refractivity contribution is 8.14. The number of carbonyl (C=O) groups excluding carboxylic acids is 1. The van der Waals surface area contributed by atoms with Crippen molar-refractivity contribution < 1.29 is 18.3 Å². The van der Waals surface area contributed by atoms with Crippen LogP contribution in [0.3, 0.4) is 0 Å². The van der Waals surface area contributed by atoms with Crippen molar-refractivity contribution in [3.63, 3.8) is 0 Å². The van der Waals surface area contributed by atoms with E-state index in [1.165, 1.54) is 37.3 Å². The number of alkyl halides is 2. The van der Waals surface area contributed by atoms with Crippen molar-refractivity contribution in [1.82, 2.24) is 26.0 Å². The van der Waals surface area contributed by atoms with Crippen molar-refractivity contribution in [2.24, 2.45) is 11.0 Å². The van der Waals surface area contributed by atoms with Crippen LogP contribution in [0.25, 0.3) is 11.1 Å². The van der Waals surface area contributed by atoms with Gasteiger partial charge in [0.15, 0.2) is 10.5 Å². The summed E-state index contributed by atoms with van der Waals surface area (Å²) in [5.41, 5.74) is 3.31. The maximum atomic E-state index is 13.4. The van der Waals surface area contributed by atoms with E-state index in [1.54, 1.807) is 18.5 Å². The Bertz CT molecular complexity index is 1270. The van der Waals surface area contributed by atoms with Gasteiger partial charge in [-0.15, -0.1) is 0 Å². The highest BCUT2D eigenvalue weighted by atomic mass is 32.2. The van der Waals surface area contributed by atoms with Gasteiger partial charge in [-0.1, -0.05) is 25.7 Å². The van der Waals surface area contributed by atoms with Gasteiger partial charge in [0, 0.05) is 35.6 Å². The van der Waals surface area contributed by atoms with Crippen LogP contribution >= 0.6 is 11.8 Å². The molecule has 0 bridgehead atoms. The smallest absolute Gasteiger partial charge is 0.280 e. The van der Waals surface area contributed by atoms with E-state index in [2.05, 4.69) is 43.0 Å². The van der Waals surface area contributed by atoms with Crippen LogP contribution in [0.5, 0.6) is 5.75 Å². The van der Waals surface area contributed by atoms with Crippen molar-refractivity contribution in [2.75, 3.05) is 18.7 Å². The number of aromatic nitrogens is 2. The molecule has 37 heavy (non-hydrogen) atoms. The summed E-state index contributed by atoms with van der Waals surface area (Å²) in [7, 11) is 1.41. The van der Waals surface area contributed by atoms with Crippen molar-refractivity contribution in [3.05, 3.63) is 48.2 Å². The van der Waals surface area contributed by atoms with E-state index in [4.69, 9.17) is 4.74 Å². The van der Waals surface area contributed by atoms with Crippen LogP contribution in [-0.2, 0) is 0 Å². The molecule has 194 valence electrons. The molecule has 4 heterocycles. The standard InChI is InChI=1S/C23H21F2N7O2S.C2H6/c1-34-18-11-27-17(21(24)25)8-15(18)14-9-19(32-7-6-26-12-32)28-10-16(14)22(33)29-23-31-30-20(35-23)5-4-13-2-3-13;1-2/h6-11,13,20-21,26,30H,2-3,12H2,1H3,(H,29,31,33);1-2H3. The molecule has 0 spiro atoms. The van der Waals surface area contributed by atoms with Crippen molar-refractivity contribution >= 4 is 28.7 Å². The van der Waals surface area contributed by atoms with E-state index in [9.17, 15) is 13.6 Å². The molecule has 9 nitrogen and oxygen atoms in total. The Morgan fingerprint density at radius 3 is 2.70 bits per heavy atom. The van der Waals surface area contributed by atoms with E-state index in [0.29, 0.717) is 34.7 Å². The molecular weight excluding hydrogens is 500 g/mol. The molecule has 5 rings (SSSR count). The normalized spacial score (nSPS) is 17.6. The van der Waals surface area contributed by atoms with Crippen LogP contribution in [-0.4, -0.2) is 40.2 Å². The number of ether oxygens (including phenoxy) is 1. The molecule has 1 amide bonds. The summed E-state index contributed by atoms with van der Waals surface area (Å²) in [5, 5.41) is 10.1. The summed E-state index contributed by atoms with van der Waals surface area (Å²) in [6.07, 6.45) is 5.64. The molecule has 2 aliphatic heterocycles. The van der Waals surface area contributed by atoms with E-state index < -0.39 is 18.0 Å². The minimum Gasteiger partial charge on any atom is -0.494 e. The van der Waals surface area contributed by atoms with Gasteiger partial charge in [-0.25, -0.2) is 13.8 Å². The quantitative estimate of drug-likeness (QED) is 0.501. The minimum absolute atomic E-state index is 0.172. The van der Waals surface area contributed by atoms with Gasteiger partial charge in [-0.2, -0.15) is 5.10 Å².